The maximum atomic E-state index is 12.3. The number of benzene rings is 1. The van der Waals surface area contributed by atoms with Gasteiger partial charge in [-0.2, -0.15) is 0 Å². The summed E-state index contributed by atoms with van der Waals surface area (Å²) in [6.07, 6.45) is 4.24. The van der Waals surface area contributed by atoms with Crippen molar-refractivity contribution in [3.8, 4) is 0 Å². The van der Waals surface area contributed by atoms with E-state index in [4.69, 9.17) is 4.52 Å². The Kier molecular flexibility index (Phi) is 5.74. The molecule has 1 aliphatic carbocycles. The average Bonchev–Trinajstić information content (AvgIpc) is 2.39. The van der Waals surface area contributed by atoms with Crippen molar-refractivity contribution in [1.82, 2.24) is 0 Å². The molecule has 110 valence electrons. The van der Waals surface area contributed by atoms with E-state index in [9.17, 15) is 4.57 Å². The number of hydrogen-bond acceptors (Lipinski definition) is 2. The molecule has 0 saturated heterocycles. The van der Waals surface area contributed by atoms with Crippen molar-refractivity contribution in [2.45, 2.75) is 52.3 Å². The van der Waals surface area contributed by atoms with Crippen LogP contribution in [0, 0.1) is 17.8 Å². The molecule has 0 amide bonds. The lowest BCUT2D eigenvalue weighted by Gasteiger charge is -2.33. The SMILES string of the molecule is CC(C)[C@H]1CC[C@H](C)C[C@@H]1O[P+](=O)Cc1ccccc1. The Hall–Kier alpha value is -0.720. The van der Waals surface area contributed by atoms with Gasteiger partial charge in [0.05, 0.1) is 0 Å². The molecule has 2 rings (SSSR count). The van der Waals surface area contributed by atoms with Crippen LogP contribution in [0.4, 0.5) is 0 Å². The Bertz CT molecular complexity index is 430. The van der Waals surface area contributed by atoms with Gasteiger partial charge in [-0.05, 0) is 35.2 Å². The molecule has 1 aromatic carbocycles. The van der Waals surface area contributed by atoms with E-state index in [1.807, 2.05) is 30.3 Å². The molecule has 0 heterocycles. The third-order valence-electron chi connectivity index (χ3n) is 4.37. The van der Waals surface area contributed by atoms with E-state index in [-0.39, 0.29) is 6.10 Å². The van der Waals surface area contributed by atoms with Gasteiger partial charge in [-0.1, -0.05) is 57.5 Å². The minimum Gasteiger partial charge on any atom is -0.142 e. The fraction of sp³-hybridized carbons (Fsp3) is 0.647. The predicted octanol–water partition coefficient (Wildman–Crippen LogP) is 5.41. The molecule has 3 heteroatoms. The third kappa shape index (κ3) is 4.40. The average molecular weight is 293 g/mol. The Morgan fingerprint density at radius 2 is 1.95 bits per heavy atom. The van der Waals surface area contributed by atoms with Crippen LogP contribution in [0.5, 0.6) is 0 Å². The van der Waals surface area contributed by atoms with Crippen LogP contribution < -0.4 is 0 Å². The highest BCUT2D eigenvalue weighted by Gasteiger charge is 2.37. The fourth-order valence-electron chi connectivity index (χ4n) is 3.16. The van der Waals surface area contributed by atoms with Gasteiger partial charge in [-0.3, -0.25) is 0 Å². The second-order valence-electron chi connectivity index (χ2n) is 6.45. The molecule has 0 bridgehead atoms. The van der Waals surface area contributed by atoms with E-state index in [1.54, 1.807) is 0 Å². The van der Waals surface area contributed by atoms with E-state index in [2.05, 4.69) is 20.8 Å². The quantitative estimate of drug-likeness (QED) is 0.679. The number of rotatable bonds is 5. The Balaban J connectivity index is 1.94. The van der Waals surface area contributed by atoms with Crippen molar-refractivity contribution < 1.29 is 9.09 Å². The minimum atomic E-state index is -1.60. The van der Waals surface area contributed by atoms with E-state index >= 15 is 0 Å². The molecular formula is C17H26O2P+. The number of hydrogen-bond donors (Lipinski definition) is 0. The molecule has 4 atom stereocenters. The van der Waals surface area contributed by atoms with Gasteiger partial charge in [0.15, 0.2) is 0 Å². The van der Waals surface area contributed by atoms with Crippen LogP contribution in [-0.2, 0) is 15.3 Å². The van der Waals surface area contributed by atoms with Crippen molar-refractivity contribution in [2.75, 3.05) is 0 Å². The van der Waals surface area contributed by atoms with Crippen LogP contribution in [0.2, 0.25) is 0 Å². The van der Waals surface area contributed by atoms with Gasteiger partial charge in [0.25, 0.3) is 0 Å². The van der Waals surface area contributed by atoms with Crippen molar-refractivity contribution in [3.63, 3.8) is 0 Å². The van der Waals surface area contributed by atoms with Crippen molar-refractivity contribution >= 4 is 8.03 Å². The summed E-state index contributed by atoms with van der Waals surface area (Å²) >= 11 is 0. The molecule has 0 aliphatic heterocycles. The maximum Gasteiger partial charge on any atom is 0.513 e. The molecule has 1 saturated carbocycles. The van der Waals surface area contributed by atoms with Crippen LogP contribution in [0.25, 0.3) is 0 Å². The normalized spacial score (nSPS) is 27.6. The molecule has 0 aromatic heterocycles. The first-order chi connectivity index (χ1) is 9.56. The summed E-state index contributed by atoms with van der Waals surface area (Å²) in [5.41, 5.74) is 1.10. The lowest BCUT2D eigenvalue weighted by molar-refractivity contribution is 0.0522. The molecule has 0 radical (unpaired) electrons. The molecule has 20 heavy (non-hydrogen) atoms. The van der Waals surface area contributed by atoms with Gasteiger partial charge in [-0.15, -0.1) is 4.52 Å². The first-order valence-corrected chi connectivity index (χ1v) is 9.08. The molecule has 1 unspecified atom stereocenters. The summed E-state index contributed by atoms with van der Waals surface area (Å²) in [5, 5.41) is 0. The predicted molar refractivity (Wildman–Crippen MR) is 84.0 cm³/mol. The van der Waals surface area contributed by atoms with Crippen LogP contribution in [0.3, 0.4) is 0 Å². The summed E-state index contributed by atoms with van der Waals surface area (Å²) < 4.78 is 18.2. The molecule has 2 nitrogen and oxygen atoms in total. The van der Waals surface area contributed by atoms with E-state index in [0.29, 0.717) is 23.9 Å². The molecule has 1 aliphatic rings. The largest absolute Gasteiger partial charge is 0.513 e. The van der Waals surface area contributed by atoms with E-state index in [1.165, 1.54) is 12.8 Å². The summed E-state index contributed by atoms with van der Waals surface area (Å²) in [6.45, 7) is 6.78. The van der Waals surface area contributed by atoms with Gasteiger partial charge in [0, 0.05) is 5.56 Å². The Morgan fingerprint density at radius 1 is 1.25 bits per heavy atom. The fourth-order valence-corrected chi connectivity index (χ4v) is 4.28. The minimum absolute atomic E-state index is 0.172. The maximum absolute atomic E-state index is 12.3. The summed E-state index contributed by atoms with van der Waals surface area (Å²) in [5.74, 6) is 1.85. The second-order valence-corrected chi connectivity index (χ2v) is 7.64. The van der Waals surface area contributed by atoms with Crippen molar-refractivity contribution in [2.24, 2.45) is 17.8 Å². The summed E-state index contributed by atoms with van der Waals surface area (Å²) in [6, 6.07) is 9.98. The zero-order chi connectivity index (χ0) is 14.5. The standard InChI is InChI=1S/C17H26O2P/c1-13(2)16-10-9-14(3)11-17(16)19-20(18)12-15-7-5-4-6-8-15/h4-8,13-14,16-17H,9-12H2,1-3H3/q+1/t14-,16+,17-/m0/s1. The molecule has 1 aromatic rings. The van der Waals surface area contributed by atoms with Crippen LogP contribution >= 0.6 is 8.03 Å². The second kappa shape index (κ2) is 7.33. The van der Waals surface area contributed by atoms with Crippen LogP contribution in [0.1, 0.15) is 45.6 Å². The van der Waals surface area contributed by atoms with Crippen LogP contribution in [0.15, 0.2) is 30.3 Å². The van der Waals surface area contributed by atoms with Crippen molar-refractivity contribution in [3.05, 3.63) is 35.9 Å². The Morgan fingerprint density at radius 3 is 2.60 bits per heavy atom. The molecule has 1 fully saturated rings. The highest BCUT2D eigenvalue weighted by molar-refractivity contribution is 7.38. The summed E-state index contributed by atoms with van der Waals surface area (Å²) in [4.78, 5) is 0. The van der Waals surface area contributed by atoms with Crippen LogP contribution in [-0.4, -0.2) is 6.10 Å². The first kappa shape index (κ1) is 15.7. The lowest BCUT2D eigenvalue weighted by Crippen LogP contribution is -2.32. The highest BCUT2D eigenvalue weighted by atomic mass is 31.1. The Labute approximate surface area is 123 Å². The van der Waals surface area contributed by atoms with E-state index < -0.39 is 8.03 Å². The summed E-state index contributed by atoms with van der Waals surface area (Å²) in [7, 11) is -1.60. The van der Waals surface area contributed by atoms with Gasteiger partial charge in [0.1, 0.15) is 6.10 Å². The monoisotopic (exact) mass is 293 g/mol. The van der Waals surface area contributed by atoms with Gasteiger partial charge in [0.2, 0.25) is 6.16 Å². The molecular weight excluding hydrogens is 267 g/mol. The molecule has 0 spiro atoms. The molecule has 0 N–H and O–H groups in total. The third-order valence-corrected chi connectivity index (χ3v) is 5.50. The topological polar surface area (TPSA) is 26.3 Å². The smallest absolute Gasteiger partial charge is 0.142 e. The first-order valence-electron chi connectivity index (χ1n) is 7.71. The van der Waals surface area contributed by atoms with Gasteiger partial charge in [-0.25, -0.2) is 0 Å². The zero-order valence-corrected chi connectivity index (χ0v) is 13.7. The van der Waals surface area contributed by atoms with Gasteiger partial charge >= 0.3 is 8.03 Å². The zero-order valence-electron chi connectivity index (χ0n) is 12.8. The lowest BCUT2D eigenvalue weighted by atomic mass is 9.75. The van der Waals surface area contributed by atoms with Crippen molar-refractivity contribution in [1.29, 1.82) is 0 Å². The highest BCUT2D eigenvalue weighted by Crippen LogP contribution is 2.41. The van der Waals surface area contributed by atoms with Gasteiger partial charge < -0.3 is 0 Å². The van der Waals surface area contributed by atoms with E-state index in [0.717, 1.165) is 12.0 Å².